The van der Waals surface area contributed by atoms with Gasteiger partial charge in [0.1, 0.15) is 5.82 Å². The number of hydrogen-bond donors (Lipinski definition) is 2. The molecule has 1 aromatic carbocycles. The van der Waals surface area contributed by atoms with Gasteiger partial charge in [0.25, 0.3) is 0 Å². The Labute approximate surface area is 112 Å². The van der Waals surface area contributed by atoms with Crippen LogP contribution in [0.5, 0.6) is 0 Å². The average molecular weight is 263 g/mol. The Morgan fingerprint density at radius 3 is 2.74 bits per heavy atom. The molecule has 19 heavy (non-hydrogen) atoms. The van der Waals surface area contributed by atoms with E-state index in [2.05, 4.69) is 10.6 Å². The number of halogens is 1. The summed E-state index contributed by atoms with van der Waals surface area (Å²) in [5.41, 5.74) is 0.469. The molecule has 2 N–H and O–H groups in total. The standard InChI is InChI=1S/C14H18FN3O/c1-14(2,13(19)17-3)9-18-8-11-6-12(15)5-4-10(11)7-16/h4-6,18H,8-9H2,1-3H3,(H,17,19). The van der Waals surface area contributed by atoms with Crippen LogP contribution in [-0.4, -0.2) is 19.5 Å². The summed E-state index contributed by atoms with van der Waals surface area (Å²) in [6.07, 6.45) is 0. The van der Waals surface area contributed by atoms with E-state index < -0.39 is 5.41 Å². The molecule has 0 spiro atoms. The van der Waals surface area contributed by atoms with Gasteiger partial charge in [-0.1, -0.05) is 0 Å². The summed E-state index contributed by atoms with van der Waals surface area (Å²) in [4.78, 5) is 11.6. The minimum Gasteiger partial charge on any atom is -0.359 e. The fourth-order valence-corrected chi connectivity index (χ4v) is 1.75. The molecule has 1 rings (SSSR count). The van der Waals surface area contributed by atoms with E-state index in [1.54, 1.807) is 7.05 Å². The highest BCUT2D eigenvalue weighted by Crippen LogP contribution is 2.15. The summed E-state index contributed by atoms with van der Waals surface area (Å²) in [5, 5.41) is 14.6. The van der Waals surface area contributed by atoms with Crippen molar-refractivity contribution >= 4 is 5.91 Å². The predicted octanol–water partition coefficient (Wildman–Crippen LogP) is 1.56. The van der Waals surface area contributed by atoms with Crippen LogP contribution in [0.15, 0.2) is 18.2 Å². The molecule has 0 bridgehead atoms. The predicted molar refractivity (Wildman–Crippen MR) is 70.7 cm³/mol. The highest BCUT2D eigenvalue weighted by atomic mass is 19.1. The molecule has 0 heterocycles. The zero-order valence-electron chi connectivity index (χ0n) is 11.4. The van der Waals surface area contributed by atoms with Gasteiger partial charge in [-0.3, -0.25) is 4.79 Å². The maximum Gasteiger partial charge on any atom is 0.226 e. The Morgan fingerprint density at radius 1 is 1.47 bits per heavy atom. The van der Waals surface area contributed by atoms with Gasteiger partial charge in [-0.15, -0.1) is 0 Å². The number of benzene rings is 1. The molecule has 102 valence electrons. The molecule has 0 saturated heterocycles. The molecule has 1 aromatic rings. The molecule has 0 atom stereocenters. The number of rotatable bonds is 5. The van der Waals surface area contributed by atoms with Crippen molar-refractivity contribution in [3.8, 4) is 6.07 Å². The summed E-state index contributed by atoms with van der Waals surface area (Å²) in [5.74, 6) is -0.443. The Kier molecular flexibility index (Phi) is 5.02. The van der Waals surface area contributed by atoms with Crippen molar-refractivity contribution < 1.29 is 9.18 Å². The summed E-state index contributed by atoms with van der Waals surface area (Å²) < 4.78 is 13.1. The number of carbonyl (C=O) groups is 1. The van der Waals surface area contributed by atoms with Gasteiger partial charge in [0.15, 0.2) is 0 Å². The summed E-state index contributed by atoms with van der Waals surface area (Å²) in [6, 6.07) is 6.07. The van der Waals surface area contributed by atoms with Crippen molar-refractivity contribution in [3.05, 3.63) is 35.1 Å². The molecule has 0 aliphatic rings. The van der Waals surface area contributed by atoms with E-state index in [0.29, 0.717) is 24.2 Å². The SMILES string of the molecule is CNC(=O)C(C)(C)CNCc1cc(F)ccc1C#N. The molecule has 1 amide bonds. The average Bonchev–Trinajstić information content (AvgIpc) is 2.37. The first-order chi connectivity index (χ1) is 8.90. The van der Waals surface area contributed by atoms with Gasteiger partial charge in [-0.25, -0.2) is 4.39 Å². The maximum atomic E-state index is 13.1. The van der Waals surface area contributed by atoms with Crippen molar-refractivity contribution in [2.45, 2.75) is 20.4 Å². The first-order valence-corrected chi connectivity index (χ1v) is 6.02. The second-order valence-corrected chi connectivity index (χ2v) is 4.98. The van der Waals surface area contributed by atoms with Gasteiger partial charge in [0.05, 0.1) is 17.0 Å². The zero-order chi connectivity index (χ0) is 14.5. The molecule has 5 heteroatoms. The smallest absolute Gasteiger partial charge is 0.226 e. The number of nitriles is 1. The van der Waals surface area contributed by atoms with Crippen LogP contribution in [0.25, 0.3) is 0 Å². The molecule has 0 aliphatic heterocycles. The van der Waals surface area contributed by atoms with Crippen LogP contribution in [0, 0.1) is 22.6 Å². The summed E-state index contributed by atoms with van der Waals surface area (Å²) >= 11 is 0. The van der Waals surface area contributed by atoms with Gasteiger partial charge in [-0.05, 0) is 37.6 Å². The van der Waals surface area contributed by atoms with Gasteiger partial charge in [-0.2, -0.15) is 5.26 Å². The fraction of sp³-hybridized carbons (Fsp3) is 0.429. The number of carbonyl (C=O) groups excluding carboxylic acids is 1. The van der Waals surface area contributed by atoms with Gasteiger partial charge in [0.2, 0.25) is 5.91 Å². The van der Waals surface area contributed by atoms with Crippen LogP contribution in [0.4, 0.5) is 4.39 Å². The molecule has 0 saturated carbocycles. The number of hydrogen-bond acceptors (Lipinski definition) is 3. The van der Waals surface area contributed by atoms with E-state index in [1.807, 2.05) is 19.9 Å². The van der Waals surface area contributed by atoms with Crippen LogP contribution < -0.4 is 10.6 Å². The van der Waals surface area contributed by atoms with Gasteiger partial charge >= 0.3 is 0 Å². The largest absolute Gasteiger partial charge is 0.359 e. The highest BCUT2D eigenvalue weighted by molar-refractivity contribution is 5.81. The third-order valence-electron chi connectivity index (χ3n) is 2.91. The van der Waals surface area contributed by atoms with E-state index in [-0.39, 0.29) is 11.7 Å². The normalized spacial score (nSPS) is 10.9. The molecular formula is C14H18FN3O. The minimum atomic E-state index is -0.561. The Hall–Kier alpha value is -1.93. The van der Waals surface area contributed by atoms with Crippen LogP contribution in [0.1, 0.15) is 25.0 Å². The molecule has 0 unspecified atom stereocenters. The lowest BCUT2D eigenvalue weighted by atomic mass is 9.92. The molecule has 0 aliphatic carbocycles. The molecule has 4 nitrogen and oxygen atoms in total. The van der Waals surface area contributed by atoms with Crippen molar-refractivity contribution in [1.29, 1.82) is 5.26 Å². The Bertz CT molecular complexity index is 506. The van der Waals surface area contributed by atoms with Crippen LogP contribution in [0.3, 0.4) is 0 Å². The molecule has 0 fully saturated rings. The molecule has 0 aromatic heterocycles. The van der Waals surface area contributed by atoms with Crippen molar-refractivity contribution in [2.24, 2.45) is 5.41 Å². The van der Waals surface area contributed by atoms with Gasteiger partial charge in [0, 0.05) is 20.1 Å². The second kappa shape index (κ2) is 6.30. The summed E-state index contributed by atoms with van der Waals surface area (Å²) in [6.45, 7) is 4.42. The van der Waals surface area contributed by atoms with Crippen molar-refractivity contribution in [2.75, 3.05) is 13.6 Å². The van der Waals surface area contributed by atoms with E-state index in [9.17, 15) is 9.18 Å². The zero-order valence-corrected chi connectivity index (χ0v) is 11.4. The van der Waals surface area contributed by atoms with E-state index in [0.717, 1.165) is 0 Å². The quantitative estimate of drug-likeness (QED) is 0.847. The summed E-state index contributed by atoms with van der Waals surface area (Å²) in [7, 11) is 1.59. The van der Waals surface area contributed by atoms with E-state index in [1.165, 1.54) is 18.2 Å². The van der Waals surface area contributed by atoms with Gasteiger partial charge < -0.3 is 10.6 Å². The second-order valence-electron chi connectivity index (χ2n) is 4.98. The maximum absolute atomic E-state index is 13.1. The van der Waals surface area contributed by atoms with Crippen molar-refractivity contribution in [3.63, 3.8) is 0 Å². The number of nitrogens with zero attached hydrogens (tertiary/aromatic N) is 1. The van der Waals surface area contributed by atoms with E-state index in [4.69, 9.17) is 5.26 Å². The van der Waals surface area contributed by atoms with Crippen molar-refractivity contribution in [1.82, 2.24) is 10.6 Å². The molecular weight excluding hydrogens is 245 g/mol. The minimum absolute atomic E-state index is 0.0697. The lowest BCUT2D eigenvalue weighted by Gasteiger charge is -2.23. The molecule has 0 radical (unpaired) electrons. The van der Waals surface area contributed by atoms with Crippen LogP contribution in [-0.2, 0) is 11.3 Å². The van der Waals surface area contributed by atoms with Crippen LogP contribution >= 0.6 is 0 Å². The third-order valence-corrected chi connectivity index (χ3v) is 2.91. The Morgan fingerprint density at radius 2 is 2.16 bits per heavy atom. The van der Waals surface area contributed by atoms with E-state index >= 15 is 0 Å². The highest BCUT2D eigenvalue weighted by Gasteiger charge is 2.25. The van der Waals surface area contributed by atoms with Crippen LogP contribution in [0.2, 0.25) is 0 Å². The fourth-order valence-electron chi connectivity index (χ4n) is 1.75. The first-order valence-electron chi connectivity index (χ1n) is 6.02. The monoisotopic (exact) mass is 263 g/mol. The number of nitrogens with one attached hydrogen (secondary N) is 2. The topological polar surface area (TPSA) is 64.9 Å². The lowest BCUT2D eigenvalue weighted by molar-refractivity contribution is -0.128. The lowest BCUT2D eigenvalue weighted by Crippen LogP contribution is -2.41. The third kappa shape index (κ3) is 4.04. The number of amides is 1. The Balaban J connectivity index is 2.66. The first kappa shape index (κ1) is 15.1.